The van der Waals surface area contributed by atoms with Crippen molar-refractivity contribution in [3.05, 3.63) is 24.3 Å². The average molecular weight is 292 g/mol. The molecule has 0 aromatic rings. The highest BCUT2D eigenvalue weighted by Gasteiger charge is 1.80. The number of halogens is 1. The first kappa shape index (κ1) is 13.2. The Hall–Kier alpha value is 0.210. The van der Waals surface area contributed by atoms with Crippen LogP contribution in [0, 0.1) is 0 Å². The highest BCUT2D eigenvalue weighted by molar-refractivity contribution is 14.1. The summed E-state index contributed by atoms with van der Waals surface area (Å²) in [4.78, 5) is 0. The summed E-state index contributed by atoms with van der Waals surface area (Å²) in [5.41, 5.74) is 0. The summed E-state index contributed by atoms with van der Waals surface area (Å²) in [5.74, 6) is 0. The summed E-state index contributed by atoms with van der Waals surface area (Å²) in [6.45, 7) is 2.25. The van der Waals surface area contributed by atoms with Crippen LogP contribution in [0.4, 0.5) is 0 Å². The molecule has 0 unspecified atom stereocenters. The normalized spacial score (nSPS) is 11.8. The maximum absolute atomic E-state index is 2.40. The van der Waals surface area contributed by atoms with Crippen molar-refractivity contribution in [1.82, 2.24) is 0 Å². The van der Waals surface area contributed by atoms with Gasteiger partial charge >= 0.3 is 0 Å². The number of rotatable bonds is 8. The van der Waals surface area contributed by atoms with E-state index in [1.807, 2.05) is 0 Å². The Morgan fingerprint density at radius 2 is 1.62 bits per heavy atom. The number of alkyl halides is 1. The van der Waals surface area contributed by atoms with Crippen LogP contribution >= 0.6 is 22.6 Å². The van der Waals surface area contributed by atoms with E-state index < -0.39 is 0 Å². The van der Waals surface area contributed by atoms with Gasteiger partial charge in [-0.3, -0.25) is 0 Å². The zero-order chi connectivity index (χ0) is 9.78. The summed E-state index contributed by atoms with van der Waals surface area (Å²) in [5, 5.41) is 0. The molecule has 0 bridgehead atoms. The molecule has 13 heavy (non-hydrogen) atoms. The predicted molar refractivity (Wildman–Crippen MR) is 70.5 cm³/mol. The molecule has 0 amide bonds. The zero-order valence-electron chi connectivity index (χ0n) is 8.64. The van der Waals surface area contributed by atoms with E-state index in [9.17, 15) is 0 Å². The van der Waals surface area contributed by atoms with Crippen molar-refractivity contribution in [3.8, 4) is 0 Å². The van der Waals surface area contributed by atoms with E-state index in [4.69, 9.17) is 0 Å². The maximum Gasteiger partial charge on any atom is 0.00299 e. The van der Waals surface area contributed by atoms with Crippen molar-refractivity contribution in [3.63, 3.8) is 0 Å². The lowest BCUT2D eigenvalue weighted by molar-refractivity contribution is 0.728. The van der Waals surface area contributed by atoms with E-state index in [0.717, 1.165) is 6.42 Å². The maximum atomic E-state index is 2.40. The van der Waals surface area contributed by atoms with Crippen LogP contribution in [0.3, 0.4) is 0 Å². The van der Waals surface area contributed by atoms with Crippen LogP contribution in [-0.4, -0.2) is 4.43 Å². The summed E-state index contributed by atoms with van der Waals surface area (Å²) in [6, 6.07) is 0. The van der Waals surface area contributed by atoms with Crippen molar-refractivity contribution in [1.29, 1.82) is 0 Å². The Balaban J connectivity index is 3.11. The third-order valence-electron chi connectivity index (χ3n) is 1.86. The number of hydrogen-bond donors (Lipinski definition) is 0. The van der Waals surface area contributed by atoms with Gasteiger partial charge in [0.05, 0.1) is 0 Å². The zero-order valence-corrected chi connectivity index (χ0v) is 10.8. The van der Waals surface area contributed by atoms with Gasteiger partial charge in [-0.15, -0.1) is 0 Å². The second-order valence-corrected chi connectivity index (χ2v) is 4.23. The van der Waals surface area contributed by atoms with Gasteiger partial charge in [0.2, 0.25) is 0 Å². The molecule has 76 valence electrons. The third-order valence-corrected chi connectivity index (χ3v) is 2.48. The Kier molecular flexibility index (Phi) is 12.4. The highest BCUT2D eigenvalue weighted by Crippen LogP contribution is 2.00. The third kappa shape index (κ3) is 12.2. The highest BCUT2D eigenvalue weighted by atomic mass is 127. The smallest absolute Gasteiger partial charge is 0.00299 e. The fourth-order valence-electron chi connectivity index (χ4n) is 1.08. The van der Waals surface area contributed by atoms with E-state index in [-0.39, 0.29) is 0 Å². The van der Waals surface area contributed by atoms with E-state index >= 15 is 0 Å². The lowest BCUT2D eigenvalue weighted by Gasteiger charge is -1.90. The monoisotopic (exact) mass is 292 g/mol. The SMILES string of the molecule is CCCCCC=CCC=CCCI. The van der Waals surface area contributed by atoms with Crippen molar-refractivity contribution in [2.75, 3.05) is 4.43 Å². The first-order chi connectivity index (χ1) is 6.41. The quantitative estimate of drug-likeness (QED) is 0.258. The molecule has 0 heterocycles. The molecule has 0 nitrogen and oxygen atoms in total. The van der Waals surface area contributed by atoms with Crippen molar-refractivity contribution < 1.29 is 0 Å². The lowest BCUT2D eigenvalue weighted by Crippen LogP contribution is -1.70. The molecular formula is C12H21I. The Morgan fingerprint density at radius 1 is 0.923 bits per heavy atom. The molecule has 0 aliphatic heterocycles. The Labute approximate surface area is 96.6 Å². The molecule has 0 atom stereocenters. The van der Waals surface area contributed by atoms with E-state index in [2.05, 4.69) is 53.8 Å². The van der Waals surface area contributed by atoms with E-state index in [1.165, 1.54) is 36.5 Å². The van der Waals surface area contributed by atoms with Gasteiger partial charge in [-0.25, -0.2) is 0 Å². The van der Waals surface area contributed by atoms with Gasteiger partial charge in [-0.2, -0.15) is 0 Å². The predicted octanol–water partition coefficient (Wildman–Crippen LogP) is 4.89. The average Bonchev–Trinajstić information content (AvgIpc) is 2.16. The molecule has 0 saturated carbocycles. The minimum atomic E-state index is 1.11. The standard InChI is InChI=1S/C12H21I/c1-2-3-4-5-6-7-8-9-10-11-12-13/h6-7,9-10H,2-5,8,11-12H2,1H3. The minimum absolute atomic E-state index is 1.11. The van der Waals surface area contributed by atoms with E-state index in [1.54, 1.807) is 0 Å². The fourth-order valence-corrected chi connectivity index (χ4v) is 1.44. The fraction of sp³-hybridized carbons (Fsp3) is 0.667. The molecule has 0 aliphatic rings. The van der Waals surface area contributed by atoms with Gasteiger partial charge in [-0.05, 0) is 25.7 Å². The second kappa shape index (κ2) is 12.2. The number of hydrogen-bond acceptors (Lipinski definition) is 0. The molecule has 1 heteroatoms. The molecule has 0 aliphatic carbocycles. The van der Waals surface area contributed by atoms with Crippen LogP contribution in [0.5, 0.6) is 0 Å². The Morgan fingerprint density at radius 3 is 2.23 bits per heavy atom. The number of unbranched alkanes of at least 4 members (excludes halogenated alkanes) is 3. The lowest BCUT2D eigenvalue weighted by atomic mass is 10.2. The first-order valence-electron chi connectivity index (χ1n) is 5.27. The molecule has 0 spiro atoms. The molecule has 0 aromatic heterocycles. The van der Waals surface area contributed by atoms with Crippen LogP contribution in [0.1, 0.15) is 45.4 Å². The Bertz CT molecular complexity index is 136. The van der Waals surface area contributed by atoms with Crippen LogP contribution in [0.2, 0.25) is 0 Å². The number of allylic oxidation sites excluding steroid dienone is 4. The molecular weight excluding hydrogens is 271 g/mol. The van der Waals surface area contributed by atoms with Crippen LogP contribution in [0.25, 0.3) is 0 Å². The summed E-state index contributed by atoms with van der Waals surface area (Å²) in [7, 11) is 0. The van der Waals surface area contributed by atoms with Gasteiger partial charge in [0.25, 0.3) is 0 Å². The topological polar surface area (TPSA) is 0 Å². The largest absolute Gasteiger partial charge is 0.0882 e. The molecule has 0 aromatic carbocycles. The van der Waals surface area contributed by atoms with Gasteiger partial charge < -0.3 is 0 Å². The minimum Gasteiger partial charge on any atom is -0.0882 e. The van der Waals surface area contributed by atoms with Crippen molar-refractivity contribution in [2.24, 2.45) is 0 Å². The van der Waals surface area contributed by atoms with Gasteiger partial charge in [0.1, 0.15) is 0 Å². The molecule has 0 N–H and O–H groups in total. The van der Waals surface area contributed by atoms with Crippen molar-refractivity contribution in [2.45, 2.75) is 45.4 Å². The summed E-state index contributed by atoms with van der Waals surface area (Å²) in [6.07, 6.45) is 16.7. The van der Waals surface area contributed by atoms with Crippen LogP contribution in [-0.2, 0) is 0 Å². The first-order valence-corrected chi connectivity index (χ1v) is 6.80. The van der Waals surface area contributed by atoms with Crippen LogP contribution in [0.15, 0.2) is 24.3 Å². The van der Waals surface area contributed by atoms with Crippen molar-refractivity contribution >= 4 is 22.6 Å². The van der Waals surface area contributed by atoms with E-state index in [0.29, 0.717) is 0 Å². The second-order valence-electron chi connectivity index (χ2n) is 3.15. The van der Waals surface area contributed by atoms with Gasteiger partial charge in [-0.1, -0.05) is 66.7 Å². The summed E-state index contributed by atoms with van der Waals surface area (Å²) < 4.78 is 1.23. The molecule has 0 radical (unpaired) electrons. The van der Waals surface area contributed by atoms with Gasteiger partial charge in [0, 0.05) is 4.43 Å². The van der Waals surface area contributed by atoms with Gasteiger partial charge in [0.15, 0.2) is 0 Å². The summed E-state index contributed by atoms with van der Waals surface area (Å²) >= 11 is 2.40. The van der Waals surface area contributed by atoms with Crippen LogP contribution < -0.4 is 0 Å². The molecule has 0 fully saturated rings. The molecule has 0 saturated heterocycles. The molecule has 0 rings (SSSR count).